The zero-order chi connectivity index (χ0) is 14.5. The molecule has 0 aliphatic heterocycles. The molecule has 0 aromatic heterocycles. The standard InChI is InChI=1S/C17H27NO2/c1-12-5-4-6-13(2)17(12)20-11-16(19)10-18-14(3)9-15-7-8-15/h4-6,14-16,18-19H,7-11H2,1-3H3. The first-order chi connectivity index (χ1) is 9.56. The lowest BCUT2D eigenvalue weighted by molar-refractivity contribution is 0.103. The van der Waals surface area contributed by atoms with Gasteiger partial charge in [0.25, 0.3) is 0 Å². The maximum atomic E-state index is 10.0. The van der Waals surface area contributed by atoms with Crippen LogP contribution in [0.25, 0.3) is 0 Å². The van der Waals surface area contributed by atoms with Crippen LogP contribution in [0, 0.1) is 19.8 Å². The molecule has 1 aliphatic rings. The van der Waals surface area contributed by atoms with Gasteiger partial charge < -0.3 is 15.2 Å². The van der Waals surface area contributed by atoms with E-state index in [0.717, 1.165) is 22.8 Å². The fraction of sp³-hybridized carbons (Fsp3) is 0.647. The highest BCUT2D eigenvalue weighted by atomic mass is 16.5. The minimum absolute atomic E-state index is 0.342. The highest BCUT2D eigenvalue weighted by Gasteiger charge is 2.23. The van der Waals surface area contributed by atoms with Gasteiger partial charge in [0, 0.05) is 12.6 Å². The third-order valence-corrected chi connectivity index (χ3v) is 3.91. The summed E-state index contributed by atoms with van der Waals surface area (Å²) in [6.45, 7) is 7.19. The van der Waals surface area contributed by atoms with Gasteiger partial charge in [0.05, 0.1) is 0 Å². The molecule has 0 bridgehead atoms. The van der Waals surface area contributed by atoms with E-state index in [2.05, 4.69) is 12.2 Å². The Kier molecular flexibility index (Phi) is 5.44. The van der Waals surface area contributed by atoms with Crippen LogP contribution in [0.1, 0.15) is 37.3 Å². The molecule has 1 fully saturated rings. The van der Waals surface area contributed by atoms with Gasteiger partial charge in [-0.25, -0.2) is 0 Å². The summed E-state index contributed by atoms with van der Waals surface area (Å²) in [6, 6.07) is 6.57. The molecule has 2 N–H and O–H groups in total. The van der Waals surface area contributed by atoms with Crippen LogP contribution in [0.15, 0.2) is 18.2 Å². The number of nitrogens with one attached hydrogen (secondary N) is 1. The molecule has 3 heteroatoms. The van der Waals surface area contributed by atoms with Gasteiger partial charge in [-0.3, -0.25) is 0 Å². The average Bonchev–Trinajstić information content (AvgIpc) is 3.19. The maximum absolute atomic E-state index is 10.0. The molecule has 0 heterocycles. The smallest absolute Gasteiger partial charge is 0.125 e. The number of ether oxygens (including phenoxy) is 1. The molecule has 2 rings (SSSR count). The molecular weight excluding hydrogens is 250 g/mol. The zero-order valence-corrected chi connectivity index (χ0v) is 12.9. The highest BCUT2D eigenvalue weighted by Crippen LogP contribution is 2.33. The predicted octanol–water partition coefficient (Wildman–Crippen LogP) is 2.82. The van der Waals surface area contributed by atoms with E-state index in [1.807, 2.05) is 32.0 Å². The Bertz CT molecular complexity index is 409. The monoisotopic (exact) mass is 277 g/mol. The van der Waals surface area contributed by atoms with Crippen molar-refractivity contribution in [1.82, 2.24) is 5.32 Å². The molecule has 1 aromatic carbocycles. The Hall–Kier alpha value is -1.06. The second kappa shape index (κ2) is 7.09. The number of para-hydroxylation sites is 1. The Morgan fingerprint density at radius 1 is 1.30 bits per heavy atom. The molecule has 3 nitrogen and oxygen atoms in total. The first-order valence-electron chi connectivity index (χ1n) is 7.66. The van der Waals surface area contributed by atoms with E-state index in [1.165, 1.54) is 19.3 Å². The van der Waals surface area contributed by atoms with Gasteiger partial charge in [0.1, 0.15) is 18.5 Å². The molecule has 20 heavy (non-hydrogen) atoms. The lowest BCUT2D eigenvalue weighted by Gasteiger charge is -2.18. The number of hydrogen-bond donors (Lipinski definition) is 2. The minimum Gasteiger partial charge on any atom is -0.490 e. The van der Waals surface area contributed by atoms with Crippen molar-refractivity contribution in [2.75, 3.05) is 13.2 Å². The molecular formula is C17H27NO2. The van der Waals surface area contributed by atoms with Gasteiger partial charge in [-0.15, -0.1) is 0 Å². The molecule has 1 saturated carbocycles. The Labute approximate surface area is 122 Å². The van der Waals surface area contributed by atoms with Crippen molar-refractivity contribution in [3.63, 3.8) is 0 Å². The molecule has 1 aliphatic carbocycles. The quantitative estimate of drug-likeness (QED) is 0.768. The van der Waals surface area contributed by atoms with Gasteiger partial charge in [0.15, 0.2) is 0 Å². The van der Waals surface area contributed by atoms with E-state index in [9.17, 15) is 5.11 Å². The van der Waals surface area contributed by atoms with Crippen LogP contribution >= 0.6 is 0 Å². The predicted molar refractivity (Wildman–Crippen MR) is 82.2 cm³/mol. The molecule has 1 aromatic rings. The summed E-state index contributed by atoms with van der Waals surface area (Å²) in [7, 11) is 0. The second-order valence-corrected chi connectivity index (χ2v) is 6.17. The van der Waals surface area contributed by atoms with Crippen molar-refractivity contribution in [3.05, 3.63) is 29.3 Å². The summed E-state index contributed by atoms with van der Waals surface area (Å²) >= 11 is 0. The Morgan fingerprint density at radius 3 is 2.55 bits per heavy atom. The van der Waals surface area contributed by atoms with Gasteiger partial charge in [-0.05, 0) is 44.2 Å². The fourth-order valence-electron chi connectivity index (χ4n) is 2.54. The van der Waals surface area contributed by atoms with Crippen LogP contribution in [-0.2, 0) is 0 Å². The van der Waals surface area contributed by atoms with Crippen molar-refractivity contribution in [3.8, 4) is 5.75 Å². The molecule has 0 spiro atoms. The molecule has 112 valence electrons. The summed E-state index contributed by atoms with van der Waals surface area (Å²) in [5, 5.41) is 13.4. The van der Waals surface area contributed by atoms with Gasteiger partial charge in [-0.2, -0.15) is 0 Å². The number of hydrogen-bond acceptors (Lipinski definition) is 3. The fourth-order valence-corrected chi connectivity index (χ4v) is 2.54. The molecule has 0 radical (unpaired) electrons. The summed E-state index contributed by atoms with van der Waals surface area (Å²) in [6.07, 6.45) is 3.52. The number of rotatable bonds is 8. The third kappa shape index (κ3) is 4.80. The van der Waals surface area contributed by atoms with Crippen LogP contribution in [-0.4, -0.2) is 30.4 Å². The van der Waals surface area contributed by atoms with Crippen LogP contribution in [0.4, 0.5) is 0 Å². The van der Waals surface area contributed by atoms with E-state index in [-0.39, 0.29) is 0 Å². The van der Waals surface area contributed by atoms with E-state index < -0.39 is 6.10 Å². The van der Waals surface area contributed by atoms with Crippen LogP contribution < -0.4 is 10.1 Å². The number of aliphatic hydroxyl groups excluding tert-OH is 1. The van der Waals surface area contributed by atoms with Crippen molar-refractivity contribution in [2.24, 2.45) is 5.92 Å². The van der Waals surface area contributed by atoms with Gasteiger partial charge in [-0.1, -0.05) is 31.0 Å². The first kappa shape index (κ1) is 15.3. The zero-order valence-electron chi connectivity index (χ0n) is 12.9. The second-order valence-electron chi connectivity index (χ2n) is 6.17. The first-order valence-corrected chi connectivity index (χ1v) is 7.66. The van der Waals surface area contributed by atoms with E-state index >= 15 is 0 Å². The summed E-state index contributed by atoms with van der Waals surface area (Å²) in [5.74, 6) is 1.82. The van der Waals surface area contributed by atoms with Gasteiger partial charge >= 0.3 is 0 Å². The van der Waals surface area contributed by atoms with Crippen LogP contribution in [0.5, 0.6) is 5.75 Å². The van der Waals surface area contributed by atoms with Crippen molar-refractivity contribution in [1.29, 1.82) is 0 Å². The largest absolute Gasteiger partial charge is 0.490 e. The van der Waals surface area contributed by atoms with Crippen molar-refractivity contribution < 1.29 is 9.84 Å². The normalized spacial score (nSPS) is 17.8. The Morgan fingerprint density at radius 2 is 1.95 bits per heavy atom. The number of aliphatic hydroxyl groups is 1. The number of aryl methyl sites for hydroxylation is 2. The maximum Gasteiger partial charge on any atom is 0.125 e. The van der Waals surface area contributed by atoms with E-state index in [1.54, 1.807) is 0 Å². The molecule has 0 amide bonds. The molecule has 2 atom stereocenters. The summed E-state index contributed by atoms with van der Waals surface area (Å²) < 4.78 is 5.77. The highest BCUT2D eigenvalue weighted by molar-refractivity contribution is 5.39. The minimum atomic E-state index is -0.462. The summed E-state index contributed by atoms with van der Waals surface area (Å²) in [4.78, 5) is 0. The van der Waals surface area contributed by atoms with Gasteiger partial charge in [0.2, 0.25) is 0 Å². The van der Waals surface area contributed by atoms with E-state index in [4.69, 9.17) is 4.74 Å². The van der Waals surface area contributed by atoms with Crippen LogP contribution in [0.2, 0.25) is 0 Å². The van der Waals surface area contributed by atoms with Crippen molar-refractivity contribution >= 4 is 0 Å². The third-order valence-electron chi connectivity index (χ3n) is 3.91. The Balaban J connectivity index is 1.70. The molecule has 0 saturated heterocycles. The van der Waals surface area contributed by atoms with Crippen molar-refractivity contribution in [2.45, 2.75) is 52.2 Å². The van der Waals surface area contributed by atoms with E-state index in [0.29, 0.717) is 19.2 Å². The van der Waals surface area contributed by atoms with Crippen LogP contribution in [0.3, 0.4) is 0 Å². The molecule has 2 unspecified atom stereocenters. The average molecular weight is 277 g/mol. The number of benzene rings is 1. The SMILES string of the molecule is Cc1cccc(C)c1OCC(O)CNC(C)CC1CC1. The topological polar surface area (TPSA) is 41.5 Å². The lowest BCUT2D eigenvalue weighted by atomic mass is 10.1. The summed E-state index contributed by atoms with van der Waals surface area (Å²) in [5.41, 5.74) is 2.24. The lowest BCUT2D eigenvalue weighted by Crippen LogP contribution is -2.36.